The van der Waals surface area contributed by atoms with Gasteiger partial charge in [0.1, 0.15) is 0 Å². The van der Waals surface area contributed by atoms with Crippen LogP contribution in [-0.2, 0) is 6.42 Å². The fourth-order valence-electron chi connectivity index (χ4n) is 2.48. The van der Waals surface area contributed by atoms with E-state index >= 15 is 0 Å². The molecule has 20 heavy (non-hydrogen) atoms. The first-order chi connectivity index (χ1) is 9.88. The van der Waals surface area contributed by atoms with Crippen LogP contribution in [0.15, 0.2) is 54.0 Å². The van der Waals surface area contributed by atoms with Crippen molar-refractivity contribution in [2.45, 2.75) is 18.9 Å². The van der Waals surface area contributed by atoms with Crippen LogP contribution in [0.5, 0.6) is 0 Å². The van der Waals surface area contributed by atoms with Gasteiger partial charge in [0.2, 0.25) is 0 Å². The van der Waals surface area contributed by atoms with Crippen molar-refractivity contribution in [2.75, 3.05) is 0 Å². The van der Waals surface area contributed by atoms with Crippen LogP contribution < -0.4 is 11.3 Å². The van der Waals surface area contributed by atoms with E-state index in [-0.39, 0.29) is 6.04 Å². The van der Waals surface area contributed by atoms with Crippen LogP contribution in [0.1, 0.15) is 22.9 Å². The quantitative estimate of drug-likeness (QED) is 0.557. The summed E-state index contributed by atoms with van der Waals surface area (Å²) in [7, 11) is 0. The highest BCUT2D eigenvalue weighted by Crippen LogP contribution is 2.26. The zero-order chi connectivity index (χ0) is 13.8. The number of nitrogens with zero attached hydrogens (tertiary/aromatic N) is 1. The van der Waals surface area contributed by atoms with Gasteiger partial charge in [-0.1, -0.05) is 30.3 Å². The van der Waals surface area contributed by atoms with Gasteiger partial charge in [0.15, 0.2) is 0 Å². The Labute approximate surface area is 122 Å². The summed E-state index contributed by atoms with van der Waals surface area (Å²) in [6, 6.07) is 14.7. The number of aromatic nitrogens is 1. The number of para-hydroxylation sites is 1. The first-order valence-corrected chi connectivity index (χ1v) is 7.58. The lowest BCUT2D eigenvalue weighted by molar-refractivity contribution is 0.520. The van der Waals surface area contributed by atoms with Crippen molar-refractivity contribution in [3.05, 3.63) is 64.5 Å². The second kappa shape index (κ2) is 6.13. The smallest absolute Gasteiger partial charge is 0.0750 e. The molecule has 0 aliphatic rings. The fourth-order valence-corrected chi connectivity index (χ4v) is 3.20. The van der Waals surface area contributed by atoms with E-state index in [1.165, 1.54) is 10.4 Å². The molecule has 0 aliphatic heterocycles. The largest absolute Gasteiger partial charge is 0.271 e. The number of hydrogen-bond donors (Lipinski definition) is 2. The molecule has 3 aromatic rings. The predicted molar refractivity (Wildman–Crippen MR) is 84.4 cm³/mol. The van der Waals surface area contributed by atoms with Crippen LogP contribution >= 0.6 is 11.3 Å². The minimum absolute atomic E-state index is 0.121. The third-order valence-corrected chi connectivity index (χ3v) is 4.44. The molecule has 1 atom stereocenters. The standard InChI is InChI=1S/C16H17N3S/c17-19-15(9-8-13-6-3-11-20-13)14-7-1-4-12-5-2-10-18-16(12)14/h1-7,10-11,15,19H,8-9,17H2. The topological polar surface area (TPSA) is 50.9 Å². The van der Waals surface area contributed by atoms with Crippen molar-refractivity contribution in [1.82, 2.24) is 10.4 Å². The monoisotopic (exact) mass is 283 g/mol. The molecule has 0 aliphatic carbocycles. The molecule has 1 aromatic carbocycles. The average molecular weight is 283 g/mol. The molecule has 3 N–H and O–H groups in total. The molecular formula is C16H17N3S. The molecule has 1 unspecified atom stereocenters. The highest BCUT2D eigenvalue weighted by molar-refractivity contribution is 7.09. The first kappa shape index (κ1) is 13.2. The zero-order valence-corrected chi connectivity index (χ0v) is 11.9. The highest BCUT2D eigenvalue weighted by atomic mass is 32.1. The fraction of sp³-hybridized carbons (Fsp3) is 0.188. The van der Waals surface area contributed by atoms with Gasteiger partial charge in [0, 0.05) is 22.5 Å². The van der Waals surface area contributed by atoms with E-state index in [1.807, 2.05) is 12.3 Å². The minimum atomic E-state index is 0.121. The van der Waals surface area contributed by atoms with E-state index in [2.05, 4.69) is 52.2 Å². The van der Waals surface area contributed by atoms with Gasteiger partial charge < -0.3 is 0 Å². The Balaban J connectivity index is 1.87. The van der Waals surface area contributed by atoms with Crippen LogP contribution in [0.25, 0.3) is 10.9 Å². The number of pyridine rings is 1. The summed E-state index contributed by atoms with van der Waals surface area (Å²) in [5.41, 5.74) is 5.14. The maximum absolute atomic E-state index is 5.76. The maximum atomic E-state index is 5.76. The number of hydrazine groups is 1. The SMILES string of the molecule is NNC(CCc1cccs1)c1cccc2cccnc12. The molecule has 102 valence electrons. The highest BCUT2D eigenvalue weighted by Gasteiger charge is 2.13. The zero-order valence-electron chi connectivity index (χ0n) is 11.1. The van der Waals surface area contributed by atoms with Crippen LogP contribution in [0.4, 0.5) is 0 Å². The molecule has 3 rings (SSSR count). The van der Waals surface area contributed by atoms with Crippen molar-refractivity contribution in [2.24, 2.45) is 5.84 Å². The molecule has 0 fully saturated rings. The van der Waals surface area contributed by atoms with Gasteiger partial charge in [-0.05, 0) is 35.9 Å². The van der Waals surface area contributed by atoms with Gasteiger partial charge in [-0.2, -0.15) is 0 Å². The number of nitrogens with one attached hydrogen (secondary N) is 1. The number of nitrogens with two attached hydrogens (primary N) is 1. The summed E-state index contributed by atoms with van der Waals surface area (Å²) >= 11 is 1.79. The molecule has 0 bridgehead atoms. The molecule has 3 nitrogen and oxygen atoms in total. The Hall–Kier alpha value is -1.75. The molecule has 0 spiro atoms. The first-order valence-electron chi connectivity index (χ1n) is 6.70. The minimum Gasteiger partial charge on any atom is -0.271 e. The van der Waals surface area contributed by atoms with Crippen molar-refractivity contribution in [3.8, 4) is 0 Å². The number of aryl methyl sites for hydroxylation is 1. The third-order valence-electron chi connectivity index (χ3n) is 3.50. The molecule has 0 saturated carbocycles. The predicted octanol–water partition coefficient (Wildman–Crippen LogP) is 3.43. The number of thiophene rings is 1. The summed E-state index contributed by atoms with van der Waals surface area (Å²) in [6.45, 7) is 0. The van der Waals surface area contributed by atoms with Gasteiger partial charge >= 0.3 is 0 Å². The Morgan fingerprint density at radius 2 is 2.05 bits per heavy atom. The van der Waals surface area contributed by atoms with E-state index < -0.39 is 0 Å². The van der Waals surface area contributed by atoms with Gasteiger partial charge in [0.05, 0.1) is 5.52 Å². The van der Waals surface area contributed by atoms with Gasteiger partial charge in [-0.3, -0.25) is 16.3 Å². The maximum Gasteiger partial charge on any atom is 0.0750 e. The van der Waals surface area contributed by atoms with Crippen molar-refractivity contribution < 1.29 is 0 Å². The molecule has 0 amide bonds. The molecule has 0 saturated heterocycles. The van der Waals surface area contributed by atoms with Crippen molar-refractivity contribution >= 4 is 22.2 Å². The Morgan fingerprint density at radius 1 is 1.15 bits per heavy atom. The van der Waals surface area contributed by atoms with Crippen molar-refractivity contribution in [1.29, 1.82) is 0 Å². The summed E-state index contributed by atoms with van der Waals surface area (Å²) < 4.78 is 0. The van der Waals surface area contributed by atoms with Crippen LogP contribution in [-0.4, -0.2) is 4.98 Å². The molecule has 0 radical (unpaired) electrons. The molecule has 2 aromatic heterocycles. The van der Waals surface area contributed by atoms with Gasteiger partial charge in [-0.15, -0.1) is 11.3 Å². The normalized spacial score (nSPS) is 12.7. The second-order valence-corrected chi connectivity index (χ2v) is 5.79. The summed E-state index contributed by atoms with van der Waals surface area (Å²) in [4.78, 5) is 5.89. The van der Waals surface area contributed by atoms with E-state index in [0.717, 1.165) is 23.7 Å². The number of hydrogen-bond acceptors (Lipinski definition) is 4. The lowest BCUT2D eigenvalue weighted by atomic mass is 9.99. The summed E-state index contributed by atoms with van der Waals surface area (Å²) in [6.07, 6.45) is 3.82. The van der Waals surface area contributed by atoms with E-state index in [1.54, 1.807) is 11.3 Å². The van der Waals surface area contributed by atoms with Crippen LogP contribution in [0.2, 0.25) is 0 Å². The molecular weight excluding hydrogens is 266 g/mol. The van der Waals surface area contributed by atoms with Crippen LogP contribution in [0, 0.1) is 0 Å². The number of fused-ring (bicyclic) bond motifs is 1. The van der Waals surface area contributed by atoms with Gasteiger partial charge in [-0.25, -0.2) is 0 Å². The second-order valence-electron chi connectivity index (χ2n) is 4.76. The Kier molecular flexibility index (Phi) is 4.06. The molecule has 4 heteroatoms. The van der Waals surface area contributed by atoms with E-state index in [9.17, 15) is 0 Å². The average Bonchev–Trinajstić information content (AvgIpc) is 3.01. The van der Waals surface area contributed by atoms with Gasteiger partial charge in [0.25, 0.3) is 0 Å². The Morgan fingerprint density at radius 3 is 2.85 bits per heavy atom. The molecule has 2 heterocycles. The lowest BCUT2D eigenvalue weighted by Crippen LogP contribution is -2.28. The van der Waals surface area contributed by atoms with E-state index in [0.29, 0.717) is 0 Å². The van der Waals surface area contributed by atoms with Crippen LogP contribution in [0.3, 0.4) is 0 Å². The number of benzene rings is 1. The third kappa shape index (κ3) is 2.72. The lowest BCUT2D eigenvalue weighted by Gasteiger charge is -2.17. The van der Waals surface area contributed by atoms with Crippen molar-refractivity contribution in [3.63, 3.8) is 0 Å². The van der Waals surface area contributed by atoms with E-state index in [4.69, 9.17) is 5.84 Å². The summed E-state index contributed by atoms with van der Waals surface area (Å²) in [5.74, 6) is 5.76. The summed E-state index contributed by atoms with van der Waals surface area (Å²) in [5, 5.41) is 3.26. The Bertz CT molecular complexity index is 674. The number of rotatable bonds is 5.